The van der Waals surface area contributed by atoms with E-state index in [1.165, 1.54) is 58.4 Å². The normalized spacial score (nSPS) is 38.2. The summed E-state index contributed by atoms with van der Waals surface area (Å²) in [6.45, 7) is 7.76. The van der Waals surface area contributed by atoms with Crippen LogP contribution in [0.4, 0.5) is 0 Å². The number of hydrogen-bond donors (Lipinski definition) is 2. The molecule has 0 spiro atoms. The molecule has 2 N–H and O–H groups in total. The molecule has 2 atom stereocenters. The van der Waals surface area contributed by atoms with Crippen LogP contribution in [0.15, 0.2) is 0 Å². The van der Waals surface area contributed by atoms with Crippen molar-refractivity contribution in [1.82, 2.24) is 15.1 Å². The third-order valence-electron chi connectivity index (χ3n) is 4.94. The summed E-state index contributed by atoms with van der Waals surface area (Å²) >= 11 is 0. The molecule has 0 aromatic carbocycles. The number of nitrogens with zero attached hydrogens (tertiary/aromatic N) is 2. The van der Waals surface area contributed by atoms with Crippen LogP contribution in [0.1, 0.15) is 25.7 Å². The van der Waals surface area contributed by atoms with Crippen LogP contribution < -0.4 is 5.32 Å². The number of aliphatic hydroxyl groups excluding tert-OH is 1. The van der Waals surface area contributed by atoms with E-state index in [0.717, 1.165) is 19.0 Å². The van der Waals surface area contributed by atoms with Crippen molar-refractivity contribution in [1.29, 1.82) is 0 Å². The molecular weight excluding hydrogens is 226 g/mol. The average molecular weight is 253 g/mol. The van der Waals surface area contributed by atoms with Gasteiger partial charge in [-0.25, -0.2) is 0 Å². The number of aliphatic hydroxyl groups is 1. The van der Waals surface area contributed by atoms with Gasteiger partial charge in [-0.3, -0.25) is 0 Å². The summed E-state index contributed by atoms with van der Waals surface area (Å²) in [7, 11) is 0. The average Bonchev–Trinajstić information content (AvgIpc) is 2.91. The Morgan fingerprint density at radius 3 is 2.44 bits per heavy atom. The molecule has 0 aromatic heterocycles. The zero-order chi connectivity index (χ0) is 12.4. The molecule has 2 unspecified atom stereocenters. The molecule has 4 aliphatic heterocycles. The lowest BCUT2D eigenvalue weighted by atomic mass is 9.84. The fourth-order valence-electron chi connectivity index (χ4n) is 3.81. The first kappa shape index (κ1) is 12.9. The number of fused-ring (bicyclic) bond motifs is 3. The van der Waals surface area contributed by atoms with E-state index in [1.807, 2.05) is 0 Å². The van der Waals surface area contributed by atoms with E-state index in [1.54, 1.807) is 0 Å². The highest BCUT2D eigenvalue weighted by Crippen LogP contribution is 2.27. The molecule has 4 aliphatic rings. The van der Waals surface area contributed by atoms with Gasteiger partial charge in [-0.05, 0) is 57.8 Å². The van der Waals surface area contributed by atoms with Gasteiger partial charge in [-0.1, -0.05) is 0 Å². The largest absolute Gasteiger partial charge is 0.390 e. The van der Waals surface area contributed by atoms with E-state index in [4.69, 9.17) is 0 Å². The van der Waals surface area contributed by atoms with E-state index < -0.39 is 0 Å². The predicted octanol–water partition coefficient (Wildman–Crippen LogP) is 0.127. The second-order valence-electron chi connectivity index (χ2n) is 6.31. The number of nitrogens with one attached hydrogen (secondary N) is 1. The highest BCUT2D eigenvalue weighted by atomic mass is 16.3. The Kier molecular flexibility index (Phi) is 4.19. The number of rotatable bonds is 5. The molecule has 0 amide bonds. The van der Waals surface area contributed by atoms with E-state index in [-0.39, 0.29) is 6.10 Å². The number of hydrogen-bond acceptors (Lipinski definition) is 4. The Bertz CT molecular complexity index is 260. The Morgan fingerprint density at radius 2 is 1.83 bits per heavy atom. The first-order valence-electron chi connectivity index (χ1n) is 7.67. The molecule has 4 saturated heterocycles. The van der Waals surface area contributed by atoms with E-state index >= 15 is 0 Å². The SMILES string of the molecule is OC(CNC1CN2CCC1CC2)CN1CCCC1. The molecule has 0 saturated carbocycles. The van der Waals surface area contributed by atoms with Crippen molar-refractivity contribution >= 4 is 0 Å². The Morgan fingerprint density at radius 1 is 1.11 bits per heavy atom. The minimum absolute atomic E-state index is 0.196. The highest BCUT2D eigenvalue weighted by Gasteiger charge is 2.33. The first-order chi connectivity index (χ1) is 8.81. The maximum absolute atomic E-state index is 10.1. The van der Waals surface area contributed by atoms with Crippen LogP contribution in [0.2, 0.25) is 0 Å². The number of piperidine rings is 3. The van der Waals surface area contributed by atoms with Crippen LogP contribution in [0.3, 0.4) is 0 Å². The molecule has 4 heterocycles. The van der Waals surface area contributed by atoms with Gasteiger partial charge in [0.05, 0.1) is 6.10 Å². The van der Waals surface area contributed by atoms with Crippen LogP contribution in [-0.2, 0) is 0 Å². The molecule has 0 aromatic rings. The van der Waals surface area contributed by atoms with Crippen LogP contribution in [0, 0.1) is 5.92 Å². The number of likely N-dealkylation sites (tertiary alicyclic amines) is 1. The molecule has 104 valence electrons. The van der Waals surface area contributed by atoms with E-state index in [2.05, 4.69) is 15.1 Å². The van der Waals surface area contributed by atoms with Gasteiger partial charge in [0, 0.05) is 25.7 Å². The van der Waals surface area contributed by atoms with Crippen molar-refractivity contribution < 1.29 is 5.11 Å². The third kappa shape index (κ3) is 3.05. The van der Waals surface area contributed by atoms with Crippen molar-refractivity contribution in [3.63, 3.8) is 0 Å². The first-order valence-corrected chi connectivity index (χ1v) is 7.67. The van der Waals surface area contributed by atoms with Crippen molar-refractivity contribution in [2.45, 2.75) is 37.8 Å². The molecular formula is C14H27N3O. The Balaban J connectivity index is 1.38. The fraction of sp³-hybridized carbons (Fsp3) is 1.00. The molecule has 2 bridgehead atoms. The van der Waals surface area contributed by atoms with Crippen molar-refractivity contribution in [3.8, 4) is 0 Å². The summed E-state index contributed by atoms with van der Waals surface area (Å²) in [5.74, 6) is 0.856. The quantitative estimate of drug-likeness (QED) is 0.730. The van der Waals surface area contributed by atoms with Gasteiger partial charge < -0.3 is 20.2 Å². The van der Waals surface area contributed by atoms with Gasteiger partial charge in [-0.2, -0.15) is 0 Å². The molecule has 0 aliphatic carbocycles. The van der Waals surface area contributed by atoms with E-state index in [0.29, 0.717) is 6.04 Å². The van der Waals surface area contributed by atoms with Gasteiger partial charge in [0.25, 0.3) is 0 Å². The van der Waals surface area contributed by atoms with Gasteiger partial charge in [0.15, 0.2) is 0 Å². The molecule has 4 nitrogen and oxygen atoms in total. The van der Waals surface area contributed by atoms with Crippen LogP contribution in [-0.4, -0.2) is 72.9 Å². The summed E-state index contributed by atoms with van der Waals surface area (Å²) in [4.78, 5) is 4.95. The van der Waals surface area contributed by atoms with Gasteiger partial charge in [0.1, 0.15) is 0 Å². The molecule has 4 fully saturated rings. The van der Waals surface area contributed by atoms with Gasteiger partial charge in [-0.15, -0.1) is 0 Å². The predicted molar refractivity (Wildman–Crippen MR) is 72.6 cm³/mol. The molecule has 0 radical (unpaired) electrons. The molecule has 4 heteroatoms. The lowest BCUT2D eigenvalue weighted by Crippen LogP contribution is -2.57. The second-order valence-corrected chi connectivity index (χ2v) is 6.31. The zero-order valence-corrected chi connectivity index (χ0v) is 11.4. The van der Waals surface area contributed by atoms with Gasteiger partial charge in [0.2, 0.25) is 0 Å². The maximum atomic E-state index is 10.1. The van der Waals surface area contributed by atoms with Crippen molar-refractivity contribution in [2.24, 2.45) is 5.92 Å². The zero-order valence-electron chi connectivity index (χ0n) is 11.4. The van der Waals surface area contributed by atoms with Crippen molar-refractivity contribution in [2.75, 3.05) is 45.8 Å². The van der Waals surface area contributed by atoms with E-state index in [9.17, 15) is 5.11 Å². The van der Waals surface area contributed by atoms with Crippen LogP contribution in [0.5, 0.6) is 0 Å². The Labute approximate surface area is 110 Å². The summed E-state index contributed by atoms with van der Waals surface area (Å²) in [6, 6.07) is 0.626. The van der Waals surface area contributed by atoms with Crippen molar-refractivity contribution in [3.05, 3.63) is 0 Å². The van der Waals surface area contributed by atoms with Crippen LogP contribution in [0.25, 0.3) is 0 Å². The topological polar surface area (TPSA) is 38.7 Å². The molecule has 4 rings (SSSR count). The molecule has 18 heavy (non-hydrogen) atoms. The maximum Gasteiger partial charge on any atom is 0.0791 e. The smallest absolute Gasteiger partial charge is 0.0791 e. The second kappa shape index (κ2) is 5.87. The minimum atomic E-state index is -0.196. The summed E-state index contributed by atoms with van der Waals surface area (Å²) in [6.07, 6.45) is 5.11. The fourth-order valence-corrected chi connectivity index (χ4v) is 3.81. The lowest BCUT2D eigenvalue weighted by Gasteiger charge is -2.45. The van der Waals surface area contributed by atoms with Gasteiger partial charge >= 0.3 is 0 Å². The third-order valence-corrected chi connectivity index (χ3v) is 4.94. The highest BCUT2D eigenvalue weighted by molar-refractivity contribution is 4.91. The minimum Gasteiger partial charge on any atom is -0.390 e. The summed E-state index contributed by atoms with van der Waals surface area (Å²) in [5.41, 5.74) is 0. The number of β-amino-alcohol motifs (C(OH)–C–C–N with tert-alkyl or cyclic N) is 1. The van der Waals surface area contributed by atoms with Crippen LogP contribution >= 0.6 is 0 Å². The Hall–Kier alpha value is -0.160. The summed E-state index contributed by atoms with van der Waals surface area (Å²) < 4.78 is 0. The monoisotopic (exact) mass is 253 g/mol. The lowest BCUT2D eigenvalue weighted by molar-refractivity contribution is 0.0587. The standard InChI is InChI=1S/C14H27N3O/c18-13(10-16-5-1-2-6-16)9-15-14-11-17-7-3-12(14)4-8-17/h12-15,18H,1-11H2. The summed E-state index contributed by atoms with van der Waals surface area (Å²) in [5, 5.41) is 13.7.